The van der Waals surface area contributed by atoms with Crippen molar-refractivity contribution in [1.82, 2.24) is 4.98 Å². The van der Waals surface area contributed by atoms with Crippen molar-refractivity contribution in [3.8, 4) is 5.75 Å². The first-order valence-corrected chi connectivity index (χ1v) is 5.04. The second-order valence-electron chi connectivity index (χ2n) is 3.55. The zero-order valence-electron chi connectivity index (χ0n) is 8.98. The topological polar surface area (TPSA) is 22.1 Å². The number of rotatable bonds is 3. The van der Waals surface area contributed by atoms with E-state index in [9.17, 15) is 4.39 Å². The number of pyridine rings is 1. The van der Waals surface area contributed by atoms with Gasteiger partial charge in [0.15, 0.2) is 0 Å². The van der Waals surface area contributed by atoms with Crippen molar-refractivity contribution in [2.75, 3.05) is 0 Å². The number of ether oxygens (including phenoxy) is 1. The van der Waals surface area contributed by atoms with Crippen molar-refractivity contribution in [2.45, 2.75) is 13.5 Å². The largest absolute Gasteiger partial charge is 0.489 e. The van der Waals surface area contributed by atoms with Gasteiger partial charge in [0.2, 0.25) is 0 Å². The van der Waals surface area contributed by atoms with Gasteiger partial charge in [0.25, 0.3) is 0 Å². The minimum Gasteiger partial charge on any atom is -0.489 e. The van der Waals surface area contributed by atoms with E-state index in [0.717, 1.165) is 11.3 Å². The minimum absolute atomic E-state index is 0.257. The lowest BCUT2D eigenvalue weighted by Gasteiger charge is -2.06. The molecular formula is C13H12FNO. The maximum absolute atomic E-state index is 12.6. The maximum atomic E-state index is 12.6. The maximum Gasteiger partial charge on any atom is 0.123 e. The molecule has 1 aromatic heterocycles. The van der Waals surface area contributed by atoms with Crippen LogP contribution in [0.25, 0.3) is 0 Å². The van der Waals surface area contributed by atoms with Crippen LogP contribution in [0.2, 0.25) is 0 Å². The standard InChI is InChI=1S/C13H12FNO/c1-10-8-11(6-7-15-10)9-16-13-4-2-12(14)3-5-13/h2-8H,9H2,1H3. The molecular weight excluding hydrogens is 205 g/mol. The van der Waals surface area contributed by atoms with Crippen LogP contribution in [0, 0.1) is 12.7 Å². The van der Waals surface area contributed by atoms with Gasteiger partial charge in [-0.2, -0.15) is 0 Å². The van der Waals surface area contributed by atoms with E-state index >= 15 is 0 Å². The second kappa shape index (κ2) is 4.75. The Balaban J connectivity index is 1.99. The average Bonchev–Trinajstić information content (AvgIpc) is 2.28. The molecule has 0 atom stereocenters. The van der Waals surface area contributed by atoms with Gasteiger partial charge in [-0.25, -0.2) is 4.39 Å². The molecule has 0 aliphatic rings. The third-order valence-corrected chi connectivity index (χ3v) is 2.18. The minimum atomic E-state index is -0.257. The number of halogens is 1. The Morgan fingerprint density at radius 3 is 2.62 bits per heavy atom. The van der Waals surface area contributed by atoms with E-state index < -0.39 is 0 Å². The summed E-state index contributed by atoms with van der Waals surface area (Å²) in [6.07, 6.45) is 1.75. The number of aryl methyl sites for hydroxylation is 1. The molecule has 3 heteroatoms. The monoisotopic (exact) mass is 217 g/mol. The molecule has 1 aromatic carbocycles. The van der Waals surface area contributed by atoms with Crippen molar-refractivity contribution in [3.05, 3.63) is 59.7 Å². The third-order valence-electron chi connectivity index (χ3n) is 2.18. The van der Waals surface area contributed by atoms with Gasteiger partial charge in [-0.15, -0.1) is 0 Å². The molecule has 1 heterocycles. The highest BCUT2D eigenvalue weighted by atomic mass is 19.1. The highest BCUT2D eigenvalue weighted by Gasteiger charge is 1.97. The summed E-state index contributed by atoms with van der Waals surface area (Å²) in [7, 11) is 0. The van der Waals surface area contributed by atoms with E-state index in [1.807, 2.05) is 19.1 Å². The summed E-state index contributed by atoms with van der Waals surface area (Å²) in [6, 6.07) is 9.85. The van der Waals surface area contributed by atoms with E-state index in [0.29, 0.717) is 12.4 Å². The Hall–Kier alpha value is -1.90. The average molecular weight is 217 g/mol. The molecule has 0 N–H and O–H groups in total. The number of hydrogen-bond donors (Lipinski definition) is 0. The summed E-state index contributed by atoms with van der Waals surface area (Å²) in [6.45, 7) is 2.40. The molecule has 16 heavy (non-hydrogen) atoms. The van der Waals surface area contributed by atoms with Crippen LogP contribution in [0.3, 0.4) is 0 Å². The van der Waals surface area contributed by atoms with Gasteiger partial charge in [0.1, 0.15) is 18.2 Å². The fourth-order valence-electron chi connectivity index (χ4n) is 1.39. The van der Waals surface area contributed by atoms with Gasteiger partial charge < -0.3 is 4.74 Å². The van der Waals surface area contributed by atoms with Crippen LogP contribution in [-0.2, 0) is 6.61 Å². The van der Waals surface area contributed by atoms with E-state index in [2.05, 4.69) is 4.98 Å². The zero-order valence-corrected chi connectivity index (χ0v) is 8.98. The lowest BCUT2D eigenvalue weighted by Crippen LogP contribution is -1.96. The lowest BCUT2D eigenvalue weighted by molar-refractivity contribution is 0.305. The summed E-state index contributed by atoms with van der Waals surface area (Å²) >= 11 is 0. The van der Waals surface area contributed by atoms with Crippen LogP contribution in [0.1, 0.15) is 11.3 Å². The first kappa shape index (κ1) is 10.6. The van der Waals surface area contributed by atoms with Crippen LogP contribution < -0.4 is 4.74 Å². The molecule has 2 aromatic rings. The molecule has 0 unspecified atom stereocenters. The summed E-state index contributed by atoms with van der Waals surface area (Å²) in [4.78, 5) is 4.10. The van der Waals surface area contributed by atoms with Crippen LogP contribution in [0.15, 0.2) is 42.6 Å². The van der Waals surface area contributed by atoms with Crippen molar-refractivity contribution in [2.24, 2.45) is 0 Å². The number of benzene rings is 1. The SMILES string of the molecule is Cc1cc(COc2ccc(F)cc2)ccn1. The van der Waals surface area contributed by atoms with Gasteiger partial charge in [-0.3, -0.25) is 4.98 Å². The third kappa shape index (κ3) is 2.79. The first-order chi connectivity index (χ1) is 7.74. The quantitative estimate of drug-likeness (QED) is 0.788. The van der Waals surface area contributed by atoms with Gasteiger partial charge in [-0.1, -0.05) is 0 Å². The van der Waals surface area contributed by atoms with Gasteiger partial charge >= 0.3 is 0 Å². The highest BCUT2D eigenvalue weighted by molar-refractivity contribution is 5.23. The molecule has 0 amide bonds. The van der Waals surface area contributed by atoms with Crippen molar-refractivity contribution < 1.29 is 9.13 Å². The molecule has 0 radical (unpaired) electrons. The van der Waals surface area contributed by atoms with Crippen molar-refractivity contribution in [3.63, 3.8) is 0 Å². The van der Waals surface area contributed by atoms with Gasteiger partial charge in [0, 0.05) is 11.9 Å². The Labute approximate surface area is 93.7 Å². The molecule has 0 spiro atoms. The molecule has 0 aliphatic heterocycles. The molecule has 2 nitrogen and oxygen atoms in total. The fourth-order valence-corrected chi connectivity index (χ4v) is 1.39. The molecule has 0 saturated heterocycles. The van der Waals surface area contributed by atoms with Gasteiger partial charge in [0.05, 0.1) is 0 Å². The summed E-state index contributed by atoms with van der Waals surface area (Å²) in [5, 5.41) is 0. The lowest BCUT2D eigenvalue weighted by atomic mass is 10.2. The molecule has 0 aliphatic carbocycles. The smallest absolute Gasteiger partial charge is 0.123 e. The van der Waals surface area contributed by atoms with Crippen LogP contribution in [0.4, 0.5) is 4.39 Å². The van der Waals surface area contributed by atoms with Crippen molar-refractivity contribution >= 4 is 0 Å². The molecule has 82 valence electrons. The Morgan fingerprint density at radius 1 is 1.19 bits per heavy atom. The first-order valence-electron chi connectivity index (χ1n) is 5.04. The van der Waals surface area contributed by atoms with E-state index in [1.165, 1.54) is 12.1 Å². The highest BCUT2D eigenvalue weighted by Crippen LogP contribution is 2.13. The number of nitrogens with zero attached hydrogens (tertiary/aromatic N) is 1. The Kier molecular flexibility index (Phi) is 3.15. The molecule has 0 saturated carbocycles. The summed E-state index contributed by atoms with van der Waals surface area (Å²) < 4.78 is 18.1. The second-order valence-corrected chi connectivity index (χ2v) is 3.55. The Bertz CT molecular complexity index is 468. The van der Waals surface area contributed by atoms with Crippen molar-refractivity contribution in [1.29, 1.82) is 0 Å². The fraction of sp³-hybridized carbons (Fsp3) is 0.154. The zero-order chi connectivity index (χ0) is 11.4. The predicted molar refractivity (Wildman–Crippen MR) is 59.7 cm³/mol. The van der Waals surface area contributed by atoms with Gasteiger partial charge in [-0.05, 0) is 48.9 Å². The molecule has 2 rings (SSSR count). The van der Waals surface area contributed by atoms with E-state index in [-0.39, 0.29) is 5.82 Å². The van der Waals surface area contributed by atoms with Crippen LogP contribution in [-0.4, -0.2) is 4.98 Å². The van der Waals surface area contributed by atoms with E-state index in [1.54, 1.807) is 18.3 Å². The van der Waals surface area contributed by atoms with E-state index in [4.69, 9.17) is 4.74 Å². The number of hydrogen-bond acceptors (Lipinski definition) is 2. The van der Waals surface area contributed by atoms with Crippen LogP contribution >= 0.6 is 0 Å². The molecule has 0 fully saturated rings. The summed E-state index contributed by atoms with van der Waals surface area (Å²) in [5.74, 6) is 0.406. The predicted octanol–water partition coefficient (Wildman–Crippen LogP) is 3.11. The molecule has 0 bridgehead atoms. The van der Waals surface area contributed by atoms with Crippen LogP contribution in [0.5, 0.6) is 5.75 Å². The normalized spacial score (nSPS) is 10.1. The summed E-state index contributed by atoms with van der Waals surface area (Å²) in [5.41, 5.74) is 2.01. The Morgan fingerprint density at radius 2 is 1.94 bits per heavy atom. The number of aromatic nitrogens is 1.